The molecule has 9 heteroatoms. The molecule has 0 atom stereocenters. The van der Waals surface area contributed by atoms with Crippen LogP contribution in [0, 0.1) is 13.8 Å². The van der Waals surface area contributed by atoms with E-state index >= 15 is 0 Å². The first-order chi connectivity index (χ1) is 12.7. The highest BCUT2D eigenvalue weighted by atomic mass is 35.5. The number of hydrogen-bond acceptors (Lipinski definition) is 7. The van der Waals surface area contributed by atoms with Gasteiger partial charge in [0, 0.05) is 11.9 Å². The van der Waals surface area contributed by atoms with Crippen molar-refractivity contribution < 1.29 is 14.1 Å². The van der Waals surface area contributed by atoms with Gasteiger partial charge in [-0.1, -0.05) is 16.8 Å². The fourth-order valence-corrected chi connectivity index (χ4v) is 3.35. The third kappa shape index (κ3) is 4.64. The zero-order valence-electron chi connectivity index (χ0n) is 15.4. The Morgan fingerprint density at radius 2 is 1.96 bits per heavy atom. The van der Waals surface area contributed by atoms with E-state index in [1.165, 1.54) is 11.3 Å². The third-order valence-corrected chi connectivity index (χ3v) is 5.12. The van der Waals surface area contributed by atoms with Crippen LogP contribution in [0.4, 0.5) is 0 Å². The predicted molar refractivity (Wildman–Crippen MR) is 102 cm³/mol. The summed E-state index contributed by atoms with van der Waals surface area (Å²) in [6, 6.07) is 7.08. The summed E-state index contributed by atoms with van der Waals surface area (Å²) in [5, 5.41) is 8.17. The van der Waals surface area contributed by atoms with Gasteiger partial charge in [0.25, 0.3) is 5.91 Å². The van der Waals surface area contributed by atoms with Crippen molar-refractivity contribution in [3.63, 3.8) is 0 Å². The van der Waals surface area contributed by atoms with Gasteiger partial charge >= 0.3 is 0 Å². The zero-order chi connectivity index (χ0) is 19.6. The molecule has 1 N–H and O–H groups in total. The Kier molecular flexibility index (Phi) is 5.48. The maximum Gasteiger partial charge on any atom is 0.264 e. The average molecular weight is 407 g/mol. The van der Waals surface area contributed by atoms with Gasteiger partial charge < -0.3 is 14.6 Å². The van der Waals surface area contributed by atoms with E-state index in [1.54, 1.807) is 38.1 Å². The Bertz CT molecular complexity index is 950. The molecule has 27 heavy (non-hydrogen) atoms. The fraction of sp³-hybridized carbons (Fsp3) is 0.333. The van der Waals surface area contributed by atoms with E-state index in [4.69, 9.17) is 20.9 Å². The Balaban J connectivity index is 1.68. The minimum atomic E-state index is -0.773. The van der Waals surface area contributed by atoms with Gasteiger partial charge in [-0.15, -0.1) is 11.3 Å². The number of benzene rings is 1. The molecule has 0 saturated heterocycles. The first-order valence-corrected chi connectivity index (χ1v) is 9.42. The molecule has 142 valence electrons. The number of aromatic nitrogens is 3. The van der Waals surface area contributed by atoms with Crippen molar-refractivity contribution >= 4 is 28.8 Å². The lowest BCUT2D eigenvalue weighted by Crippen LogP contribution is -2.41. The highest BCUT2D eigenvalue weighted by molar-refractivity contribution is 7.13. The fourth-order valence-electron chi connectivity index (χ4n) is 2.35. The molecule has 7 nitrogen and oxygen atoms in total. The number of nitrogens with one attached hydrogen (secondary N) is 1. The summed E-state index contributed by atoms with van der Waals surface area (Å²) >= 11 is 7.15. The van der Waals surface area contributed by atoms with Crippen LogP contribution in [0.15, 0.2) is 28.8 Å². The Morgan fingerprint density at radius 1 is 1.26 bits per heavy atom. The molecule has 2 heterocycles. The number of rotatable bonds is 6. The quantitative estimate of drug-likeness (QED) is 0.664. The summed E-state index contributed by atoms with van der Waals surface area (Å²) < 4.78 is 10.7. The Labute approximate surface area is 165 Å². The van der Waals surface area contributed by atoms with Gasteiger partial charge in [-0.3, -0.25) is 4.79 Å². The molecule has 0 aliphatic carbocycles. The summed E-state index contributed by atoms with van der Waals surface area (Å²) in [4.78, 5) is 21.8. The Morgan fingerprint density at radius 3 is 2.59 bits per heavy atom. The Hall–Kier alpha value is -2.45. The van der Waals surface area contributed by atoms with Crippen LogP contribution in [0.25, 0.3) is 0 Å². The van der Waals surface area contributed by atoms with Crippen LogP contribution in [0.1, 0.15) is 45.9 Å². The lowest BCUT2D eigenvalue weighted by atomic mass is 10.0. The van der Waals surface area contributed by atoms with Gasteiger partial charge in [0.2, 0.25) is 5.89 Å². The molecule has 3 rings (SSSR count). The van der Waals surface area contributed by atoms with Gasteiger partial charge in [-0.25, -0.2) is 4.98 Å². The second-order valence-corrected chi connectivity index (χ2v) is 8.00. The summed E-state index contributed by atoms with van der Waals surface area (Å²) in [5.74, 6) is 1.31. The lowest BCUT2D eigenvalue weighted by molar-refractivity contribution is 0.0911. The SMILES string of the molecule is Cc1nc(C(C)(C)NC(=O)c2sc(COc3ccc(Cl)cc3)nc2C)no1. The monoisotopic (exact) mass is 406 g/mol. The standard InChI is InChI=1S/C18H19ClN4O3S/c1-10-15(16(24)22-18(3,4)17-21-11(2)26-23-17)27-14(20-10)9-25-13-7-5-12(19)6-8-13/h5-8H,9H2,1-4H3,(H,22,24). The molecule has 0 aliphatic rings. The molecule has 1 aromatic carbocycles. The van der Waals surface area contributed by atoms with Crippen LogP contribution < -0.4 is 10.1 Å². The summed E-state index contributed by atoms with van der Waals surface area (Å²) in [6.07, 6.45) is 0. The van der Waals surface area contributed by atoms with Crippen molar-refractivity contribution in [1.82, 2.24) is 20.4 Å². The minimum absolute atomic E-state index is 0.241. The molecule has 0 aliphatic heterocycles. The van der Waals surface area contributed by atoms with E-state index in [-0.39, 0.29) is 12.5 Å². The topological polar surface area (TPSA) is 90.1 Å². The number of aryl methyl sites for hydroxylation is 2. The predicted octanol–water partition coefficient (Wildman–Crippen LogP) is 4.04. The van der Waals surface area contributed by atoms with Gasteiger partial charge in [0.1, 0.15) is 22.2 Å². The van der Waals surface area contributed by atoms with Crippen LogP contribution in [-0.4, -0.2) is 21.0 Å². The molecule has 0 unspecified atom stereocenters. The molecule has 0 spiro atoms. The first-order valence-electron chi connectivity index (χ1n) is 8.22. The second-order valence-electron chi connectivity index (χ2n) is 6.48. The van der Waals surface area contributed by atoms with E-state index in [1.807, 2.05) is 13.8 Å². The second kappa shape index (κ2) is 7.66. The molecule has 0 saturated carbocycles. The summed E-state index contributed by atoms with van der Waals surface area (Å²) in [5.41, 5.74) is -0.127. The highest BCUT2D eigenvalue weighted by Crippen LogP contribution is 2.23. The maximum absolute atomic E-state index is 12.7. The molecule has 3 aromatic rings. The third-order valence-electron chi connectivity index (χ3n) is 3.74. The van der Waals surface area contributed by atoms with E-state index in [0.717, 1.165) is 0 Å². The molecule has 1 amide bonds. The van der Waals surface area contributed by atoms with Gasteiger partial charge in [-0.2, -0.15) is 4.98 Å². The van der Waals surface area contributed by atoms with Gasteiger partial charge in [0.15, 0.2) is 5.82 Å². The average Bonchev–Trinajstić information content (AvgIpc) is 3.20. The maximum atomic E-state index is 12.7. The van der Waals surface area contributed by atoms with Crippen molar-refractivity contribution in [3.05, 3.63) is 56.6 Å². The van der Waals surface area contributed by atoms with Gasteiger partial charge in [-0.05, 0) is 45.0 Å². The number of nitrogens with zero attached hydrogens (tertiary/aromatic N) is 3. The summed E-state index contributed by atoms with van der Waals surface area (Å²) in [7, 11) is 0. The van der Waals surface area contributed by atoms with Crippen molar-refractivity contribution in [3.8, 4) is 5.75 Å². The van der Waals surface area contributed by atoms with Crippen LogP contribution in [-0.2, 0) is 12.1 Å². The number of carbonyl (C=O) groups is 1. The number of amides is 1. The van der Waals surface area contributed by atoms with E-state index in [9.17, 15) is 4.79 Å². The molecular weight excluding hydrogens is 388 g/mol. The zero-order valence-corrected chi connectivity index (χ0v) is 16.9. The van der Waals surface area contributed by atoms with Crippen LogP contribution in [0.3, 0.4) is 0 Å². The van der Waals surface area contributed by atoms with Gasteiger partial charge in [0.05, 0.1) is 11.2 Å². The number of halogens is 1. The molecule has 0 radical (unpaired) electrons. The number of thiazole rings is 1. The van der Waals surface area contributed by atoms with Crippen molar-refractivity contribution in [1.29, 1.82) is 0 Å². The lowest BCUT2D eigenvalue weighted by Gasteiger charge is -2.21. The molecule has 0 fully saturated rings. The van der Waals surface area contributed by atoms with E-state index in [0.29, 0.717) is 38.1 Å². The number of ether oxygens (including phenoxy) is 1. The largest absolute Gasteiger partial charge is 0.486 e. The van der Waals surface area contributed by atoms with Crippen LogP contribution in [0.2, 0.25) is 5.02 Å². The highest BCUT2D eigenvalue weighted by Gasteiger charge is 2.30. The number of hydrogen-bond donors (Lipinski definition) is 1. The molecule has 2 aromatic heterocycles. The minimum Gasteiger partial charge on any atom is -0.486 e. The molecular formula is C18H19ClN4O3S. The smallest absolute Gasteiger partial charge is 0.264 e. The molecule has 0 bridgehead atoms. The van der Waals surface area contributed by atoms with Crippen LogP contribution in [0.5, 0.6) is 5.75 Å². The van der Waals surface area contributed by atoms with Crippen molar-refractivity contribution in [2.45, 2.75) is 39.8 Å². The summed E-state index contributed by atoms with van der Waals surface area (Å²) in [6.45, 7) is 7.40. The number of carbonyl (C=O) groups excluding carboxylic acids is 1. The van der Waals surface area contributed by atoms with E-state index in [2.05, 4.69) is 20.4 Å². The van der Waals surface area contributed by atoms with Crippen molar-refractivity contribution in [2.24, 2.45) is 0 Å². The van der Waals surface area contributed by atoms with E-state index < -0.39 is 5.54 Å². The normalized spacial score (nSPS) is 11.4. The van der Waals surface area contributed by atoms with Crippen molar-refractivity contribution in [2.75, 3.05) is 0 Å². The first kappa shape index (κ1) is 19.3. The van der Waals surface area contributed by atoms with Crippen LogP contribution >= 0.6 is 22.9 Å².